The number of hydrogen-bond donors (Lipinski definition) is 0. The van der Waals surface area contributed by atoms with Crippen molar-refractivity contribution in [3.05, 3.63) is 0 Å². The standard InChI is InChI=1S/C32H58O2/c1-3-5-7-8-9-10-15-22-31(25-20-29(21-26-31)28-18-13-11-14-19-28)32(23-16-12-17-24-32)30(33)34-27-6-4-2/h28-29H,3-27H2,1-2H3/t29-,31+. The lowest BCUT2D eigenvalue weighted by Gasteiger charge is -2.55. The van der Waals surface area contributed by atoms with Crippen LogP contribution in [0.4, 0.5) is 0 Å². The molecule has 0 aromatic carbocycles. The van der Waals surface area contributed by atoms with Crippen LogP contribution in [-0.2, 0) is 9.53 Å². The average molecular weight is 475 g/mol. The van der Waals surface area contributed by atoms with Crippen LogP contribution in [0.15, 0.2) is 0 Å². The summed E-state index contributed by atoms with van der Waals surface area (Å²) in [5.74, 6) is 2.11. The summed E-state index contributed by atoms with van der Waals surface area (Å²) in [5.41, 5.74) is 0.0318. The van der Waals surface area contributed by atoms with Crippen molar-refractivity contribution in [1.29, 1.82) is 0 Å². The Morgan fingerprint density at radius 3 is 1.85 bits per heavy atom. The molecule has 0 heterocycles. The number of esters is 1. The summed E-state index contributed by atoms with van der Waals surface area (Å²) in [7, 11) is 0. The highest BCUT2D eigenvalue weighted by Gasteiger charge is 2.57. The first-order valence-corrected chi connectivity index (χ1v) is 15.8. The topological polar surface area (TPSA) is 26.3 Å². The molecule has 0 saturated heterocycles. The maximum atomic E-state index is 13.9. The van der Waals surface area contributed by atoms with Crippen LogP contribution in [0.3, 0.4) is 0 Å². The van der Waals surface area contributed by atoms with Gasteiger partial charge in [-0.05, 0) is 68.6 Å². The van der Waals surface area contributed by atoms with Crippen LogP contribution in [0.5, 0.6) is 0 Å². The Hall–Kier alpha value is -0.530. The van der Waals surface area contributed by atoms with Gasteiger partial charge in [-0.3, -0.25) is 4.79 Å². The molecule has 0 spiro atoms. The van der Waals surface area contributed by atoms with Gasteiger partial charge in [0, 0.05) is 0 Å². The molecule has 0 aliphatic heterocycles. The maximum Gasteiger partial charge on any atom is 0.312 e. The van der Waals surface area contributed by atoms with Crippen molar-refractivity contribution in [1.82, 2.24) is 0 Å². The Labute approximate surface area is 212 Å². The van der Waals surface area contributed by atoms with Gasteiger partial charge in [0.05, 0.1) is 12.0 Å². The summed E-state index contributed by atoms with van der Waals surface area (Å²) < 4.78 is 6.08. The summed E-state index contributed by atoms with van der Waals surface area (Å²) in [4.78, 5) is 13.9. The van der Waals surface area contributed by atoms with Crippen LogP contribution in [0.2, 0.25) is 0 Å². The largest absolute Gasteiger partial charge is 0.465 e. The molecule has 2 heteroatoms. The minimum Gasteiger partial charge on any atom is -0.465 e. The van der Waals surface area contributed by atoms with Crippen molar-refractivity contribution in [2.45, 2.75) is 168 Å². The minimum absolute atomic E-state index is 0.182. The highest BCUT2D eigenvalue weighted by Crippen LogP contribution is 2.61. The Balaban J connectivity index is 1.70. The molecule has 198 valence electrons. The molecule has 0 atom stereocenters. The van der Waals surface area contributed by atoms with E-state index in [0.29, 0.717) is 6.61 Å². The molecule has 0 N–H and O–H groups in total. The molecular weight excluding hydrogens is 416 g/mol. The van der Waals surface area contributed by atoms with Crippen molar-refractivity contribution in [3.8, 4) is 0 Å². The molecule has 3 fully saturated rings. The SMILES string of the molecule is CCCCCCCCC[C@]1(C2(C(=O)OCCCC)CCCCC2)CC[C@@H](C2CCCCC2)CC1. The first-order chi connectivity index (χ1) is 16.7. The lowest BCUT2D eigenvalue weighted by molar-refractivity contribution is -0.175. The van der Waals surface area contributed by atoms with Crippen LogP contribution < -0.4 is 0 Å². The van der Waals surface area contributed by atoms with Gasteiger partial charge in [-0.1, -0.05) is 117 Å². The molecule has 0 amide bonds. The molecule has 0 radical (unpaired) electrons. The zero-order valence-corrected chi connectivity index (χ0v) is 23.1. The van der Waals surface area contributed by atoms with Crippen molar-refractivity contribution < 1.29 is 9.53 Å². The van der Waals surface area contributed by atoms with Gasteiger partial charge in [0.2, 0.25) is 0 Å². The second-order valence-electron chi connectivity index (χ2n) is 12.5. The predicted molar refractivity (Wildman–Crippen MR) is 145 cm³/mol. The fraction of sp³-hybridized carbons (Fsp3) is 0.969. The van der Waals surface area contributed by atoms with E-state index in [2.05, 4.69) is 13.8 Å². The summed E-state index contributed by atoms with van der Waals surface area (Å²) in [6, 6.07) is 0. The van der Waals surface area contributed by atoms with E-state index in [0.717, 1.165) is 37.5 Å². The monoisotopic (exact) mass is 474 g/mol. The third-order valence-corrected chi connectivity index (χ3v) is 10.4. The van der Waals surface area contributed by atoms with Gasteiger partial charge in [0.15, 0.2) is 0 Å². The average Bonchev–Trinajstić information content (AvgIpc) is 2.89. The summed E-state index contributed by atoms with van der Waals surface area (Å²) >= 11 is 0. The number of unbranched alkanes of at least 4 members (excludes halogenated alkanes) is 7. The molecule has 0 unspecified atom stereocenters. The summed E-state index contributed by atoms with van der Waals surface area (Å²) in [5, 5.41) is 0. The van der Waals surface area contributed by atoms with E-state index in [-0.39, 0.29) is 16.8 Å². The normalized spacial score (nSPS) is 28.0. The highest BCUT2D eigenvalue weighted by atomic mass is 16.5. The van der Waals surface area contributed by atoms with E-state index in [1.807, 2.05) is 0 Å². The highest BCUT2D eigenvalue weighted by molar-refractivity contribution is 5.78. The lowest BCUT2D eigenvalue weighted by atomic mass is 9.49. The van der Waals surface area contributed by atoms with Crippen molar-refractivity contribution in [2.75, 3.05) is 6.61 Å². The van der Waals surface area contributed by atoms with E-state index in [4.69, 9.17) is 4.74 Å². The predicted octanol–water partition coefficient (Wildman–Crippen LogP) is 10.2. The summed E-state index contributed by atoms with van der Waals surface area (Å²) in [6.45, 7) is 5.13. The number of carbonyl (C=O) groups excluding carboxylic acids is 1. The van der Waals surface area contributed by atoms with E-state index in [1.165, 1.54) is 128 Å². The zero-order valence-electron chi connectivity index (χ0n) is 23.1. The Morgan fingerprint density at radius 1 is 0.647 bits per heavy atom. The minimum atomic E-state index is -0.182. The number of hydrogen-bond acceptors (Lipinski definition) is 2. The van der Waals surface area contributed by atoms with Crippen LogP contribution in [0, 0.1) is 22.7 Å². The van der Waals surface area contributed by atoms with Gasteiger partial charge in [-0.15, -0.1) is 0 Å². The van der Waals surface area contributed by atoms with E-state index in [9.17, 15) is 4.79 Å². The number of ether oxygens (including phenoxy) is 1. The van der Waals surface area contributed by atoms with Crippen molar-refractivity contribution in [3.63, 3.8) is 0 Å². The van der Waals surface area contributed by atoms with Crippen LogP contribution >= 0.6 is 0 Å². The molecule has 2 nitrogen and oxygen atoms in total. The maximum absolute atomic E-state index is 13.9. The molecule has 3 rings (SSSR count). The molecular formula is C32H58O2. The zero-order chi connectivity index (χ0) is 24.1. The third-order valence-electron chi connectivity index (χ3n) is 10.4. The second kappa shape index (κ2) is 14.9. The fourth-order valence-electron chi connectivity index (χ4n) is 8.21. The molecule has 3 aliphatic rings. The fourth-order valence-corrected chi connectivity index (χ4v) is 8.21. The first-order valence-electron chi connectivity index (χ1n) is 15.8. The van der Waals surface area contributed by atoms with Crippen LogP contribution in [0.25, 0.3) is 0 Å². The van der Waals surface area contributed by atoms with Crippen molar-refractivity contribution >= 4 is 5.97 Å². The second-order valence-corrected chi connectivity index (χ2v) is 12.5. The van der Waals surface area contributed by atoms with Gasteiger partial charge in [-0.25, -0.2) is 0 Å². The Morgan fingerprint density at radius 2 is 1.21 bits per heavy atom. The molecule has 0 bridgehead atoms. The molecule has 34 heavy (non-hydrogen) atoms. The van der Waals surface area contributed by atoms with Gasteiger partial charge in [-0.2, -0.15) is 0 Å². The number of rotatable bonds is 14. The Bertz CT molecular complexity index is 547. The van der Waals surface area contributed by atoms with Crippen LogP contribution in [-0.4, -0.2) is 12.6 Å². The van der Waals surface area contributed by atoms with Gasteiger partial charge < -0.3 is 4.74 Å². The van der Waals surface area contributed by atoms with Gasteiger partial charge >= 0.3 is 5.97 Å². The third kappa shape index (κ3) is 7.25. The van der Waals surface area contributed by atoms with Crippen LogP contribution in [0.1, 0.15) is 168 Å². The number of carbonyl (C=O) groups is 1. The van der Waals surface area contributed by atoms with Crippen molar-refractivity contribution in [2.24, 2.45) is 22.7 Å². The quantitative estimate of drug-likeness (QED) is 0.185. The Kier molecular flexibility index (Phi) is 12.3. The molecule has 0 aromatic heterocycles. The molecule has 3 aliphatic carbocycles. The van der Waals surface area contributed by atoms with E-state index in [1.54, 1.807) is 0 Å². The van der Waals surface area contributed by atoms with Gasteiger partial charge in [0.25, 0.3) is 0 Å². The molecule has 3 saturated carbocycles. The van der Waals surface area contributed by atoms with E-state index >= 15 is 0 Å². The molecule has 0 aromatic rings. The first kappa shape index (κ1) is 28.0. The van der Waals surface area contributed by atoms with E-state index < -0.39 is 0 Å². The van der Waals surface area contributed by atoms with Gasteiger partial charge in [0.1, 0.15) is 0 Å². The smallest absolute Gasteiger partial charge is 0.312 e. The summed E-state index contributed by atoms with van der Waals surface area (Å²) in [6.07, 6.45) is 31.6. The lowest BCUT2D eigenvalue weighted by Crippen LogP contribution is -2.52.